The number of aromatic nitrogens is 3. The van der Waals surface area contributed by atoms with Crippen LogP contribution in [0.25, 0.3) is 0 Å². The van der Waals surface area contributed by atoms with E-state index >= 15 is 0 Å². The molecule has 1 aromatic carbocycles. The Bertz CT molecular complexity index is 680. The first-order chi connectivity index (χ1) is 11.3. The van der Waals surface area contributed by atoms with E-state index in [1.165, 1.54) is 0 Å². The summed E-state index contributed by atoms with van der Waals surface area (Å²) in [5, 5.41) is 14.1. The highest BCUT2D eigenvalue weighted by Crippen LogP contribution is 2.25. The SMILES string of the molecule is COc1ccc(C2=Nn3c(CCCCCN)nnc3SC2)cc1. The predicted molar refractivity (Wildman–Crippen MR) is 92.3 cm³/mol. The quantitative estimate of drug-likeness (QED) is 0.788. The van der Waals surface area contributed by atoms with Gasteiger partial charge in [0, 0.05) is 12.2 Å². The van der Waals surface area contributed by atoms with E-state index in [1.54, 1.807) is 18.9 Å². The molecule has 122 valence electrons. The van der Waals surface area contributed by atoms with Crippen molar-refractivity contribution >= 4 is 17.5 Å². The number of rotatable bonds is 7. The molecule has 0 saturated heterocycles. The fraction of sp³-hybridized carbons (Fsp3) is 0.438. The van der Waals surface area contributed by atoms with Gasteiger partial charge in [-0.3, -0.25) is 0 Å². The third-order valence-corrected chi connectivity index (χ3v) is 4.69. The monoisotopic (exact) mass is 331 g/mol. The second-order valence-corrected chi connectivity index (χ2v) is 6.32. The van der Waals surface area contributed by atoms with Crippen molar-refractivity contribution in [3.05, 3.63) is 35.7 Å². The molecule has 0 amide bonds. The van der Waals surface area contributed by atoms with Gasteiger partial charge in [-0.25, -0.2) is 0 Å². The molecule has 1 aromatic heterocycles. The average molecular weight is 331 g/mol. The second kappa shape index (κ2) is 7.61. The van der Waals surface area contributed by atoms with Crippen molar-refractivity contribution in [2.75, 3.05) is 19.4 Å². The van der Waals surface area contributed by atoms with Crippen LogP contribution in [-0.4, -0.2) is 40.0 Å². The normalized spacial score (nSPS) is 13.6. The highest BCUT2D eigenvalue weighted by molar-refractivity contribution is 7.99. The van der Waals surface area contributed by atoms with E-state index in [4.69, 9.17) is 15.6 Å². The number of nitrogens with zero attached hydrogens (tertiary/aromatic N) is 4. The van der Waals surface area contributed by atoms with Gasteiger partial charge in [-0.05, 0) is 49.2 Å². The molecule has 2 heterocycles. The van der Waals surface area contributed by atoms with E-state index in [2.05, 4.69) is 10.2 Å². The maximum Gasteiger partial charge on any atom is 0.212 e. The van der Waals surface area contributed by atoms with Crippen LogP contribution in [0.3, 0.4) is 0 Å². The van der Waals surface area contributed by atoms with Crippen LogP contribution >= 0.6 is 11.8 Å². The van der Waals surface area contributed by atoms with Crippen LogP contribution in [0.4, 0.5) is 0 Å². The summed E-state index contributed by atoms with van der Waals surface area (Å²) < 4.78 is 7.09. The maximum atomic E-state index is 5.53. The molecular weight excluding hydrogens is 310 g/mol. The largest absolute Gasteiger partial charge is 0.497 e. The molecule has 6 nitrogen and oxygen atoms in total. The van der Waals surface area contributed by atoms with E-state index in [-0.39, 0.29) is 0 Å². The fourth-order valence-electron chi connectivity index (χ4n) is 2.45. The summed E-state index contributed by atoms with van der Waals surface area (Å²) in [6.07, 6.45) is 4.11. The van der Waals surface area contributed by atoms with E-state index in [1.807, 2.05) is 28.9 Å². The molecule has 1 aliphatic heterocycles. The molecule has 0 spiro atoms. The second-order valence-electron chi connectivity index (χ2n) is 5.37. The van der Waals surface area contributed by atoms with Crippen molar-refractivity contribution in [1.82, 2.24) is 14.9 Å². The van der Waals surface area contributed by atoms with Gasteiger partial charge in [0.1, 0.15) is 5.75 Å². The van der Waals surface area contributed by atoms with E-state index < -0.39 is 0 Å². The van der Waals surface area contributed by atoms with Crippen LogP contribution in [-0.2, 0) is 6.42 Å². The Kier molecular flexibility index (Phi) is 5.30. The van der Waals surface area contributed by atoms with Crippen molar-refractivity contribution in [3.63, 3.8) is 0 Å². The minimum absolute atomic E-state index is 0.744. The molecule has 3 rings (SSSR count). The first kappa shape index (κ1) is 16.0. The first-order valence-electron chi connectivity index (χ1n) is 7.81. The molecule has 0 bridgehead atoms. The van der Waals surface area contributed by atoms with Crippen molar-refractivity contribution in [1.29, 1.82) is 0 Å². The number of aryl methyl sites for hydroxylation is 1. The molecule has 0 atom stereocenters. The fourth-order valence-corrected chi connectivity index (χ4v) is 3.31. The summed E-state index contributed by atoms with van der Waals surface area (Å²) in [5.41, 5.74) is 7.67. The molecule has 1 aliphatic rings. The lowest BCUT2D eigenvalue weighted by Gasteiger charge is -2.14. The highest BCUT2D eigenvalue weighted by Gasteiger charge is 2.19. The van der Waals surface area contributed by atoms with Crippen LogP contribution in [0.5, 0.6) is 5.75 Å². The zero-order chi connectivity index (χ0) is 16.1. The van der Waals surface area contributed by atoms with E-state index in [0.29, 0.717) is 0 Å². The van der Waals surface area contributed by atoms with Crippen LogP contribution in [0.1, 0.15) is 30.7 Å². The first-order valence-corrected chi connectivity index (χ1v) is 8.80. The number of ether oxygens (including phenoxy) is 1. The Balaban J connectivity index is 1.77. The summed E-state index contributed by atoms with van der Waals surface area (Å²) in [6.45, 7) is 0.744. The molecule has 0 aliphatic carbocycles. The number of fused-ring (bicyclic) bond motifs is 1. The number of hydrogen-bond acceptors (Lipinski definition) is 6. The lowest BCUT2D eigenvalue weighted by molar-refractivity contribution is 0.415. The topological polar surface area (TPSA) is 78.3 Å². The molecule has 0 radical (unpaired) electrons. The molecule has 2 N–H and O–H groups in total. The van der Waals surface area contributed by atoms with E-state index in [9.17, 15) is 0 Å². The summed E-state index contributed by atoms with van der Waals surface area (Å²) in [7, 11) is 1.67. The molecule has 7 heteroatoms. The molecule has 0 saturated carbocycles. The van der Waals surface area contributed by atoms with Gasteiger partial charge in [0.15, 0.2) is 5.82 Å². The van der Waals surface area contributed by atoms with Gasteiger partial charge in [-0.1, -0.05) is 18.2 Å². The number of benzene rings is 1. The smallest absolute Gasteiger partial charge is 0.212 e. The lowest BCUT2D eigenvalue weighted by Crippen LogP contribution is -2.14. The van der Waals surface area contributed by atoms with Gasteiger partial charge in [-0.15, -0.1) is 10.2 Å². The summed E-state index contributed by atoms with van der Waals surface area (Å²) in [4.78, 5) is 0. The van der Waals surface area contributed by atoms with E-state index in [0.717, 1.165) is 66.0 Å². The Morgan fingerprint density at radius 1 is 1.17 bits per heavy atom. The number of thioether (sulfide) groups is 1. The highest BCUT2D eigenvalue weighted by atomic mass is 32.2. The third kappa shape index (κ3) is 3.73. The Morgan fingerprint density at radius 3 is 2.74 bits per heavy atom. The summed E-state index contributed by atoms with van der Waals surface area (Å²) in [5.74, 6) is 2.58. The number of hydrogen-bond donors (Lipinski definition) is 1. The van der Waals surface area contributed by atoms with Gasteiger partial charge in [-0.2, -0.15) is 9.78 Å². The Labute approximate surface area is 140 Å². The number of methoxy groups -OCH3 is 1. The van der Waals surface area contributed by atoms with Crippen molar-refractivity contribution in [2.45, 2.75) is 30.8 Å². The van der Waals surface area contributed by atoms with Crippen molar-refractivity contribution in [2.24, 2.45) is 10.8 Å². The van der Waals surface area contributed by atoms with Gasteiger partial charge in [0.05, 0.1) is 12.8 Å². The molecule has 23 heavy (non-hydrogen) atoms. The minimum atomic E-state index is 0.744. The molecule has 0 unspecified atom stereocenters. The maximum absolute atomic E-state index is 5.53. The summed E-state index contributed by atoms with van der Waals surface area (Å²) >= 11 is 1.67. The van der Waals surface area contributed by atoms with Crippen LogP contribution in [0.15, 0.2) is 34.5 Å². The average Bonchev–Trinajstić information content (AvgIpc) is 3.01. The van der Waals surface area contributed by atoms with Gasteiger partial charge in [0.2, 0.25) is 5.16 Å². The Morgan fingerprint density at radius 2 is 2.00 bits per heavy atom. The number of unbranched alkanes of at least 4 members (excludes halogenated alkanes) is 2. The molecule has 2 aromatic rings. The predicted octanol–water partition coefficient (Wildman–Crippen LogP) is 2.32. The van der Waals surface area contributed by atoms with Crippen LogP contribution in [0.2, 0.25) is 0 Å². The molecular formula is C16H21N5OS. The molecule has 0 fully saturated rings. The number of nitrogens with two attached hydrogens (primary N) is 1. The third-order valence-electron chi connectivity index (χ3n) is 3.76. The van der Waals surface area contributed by atoms with Gasteiger partial charge >= 0.3 is 0 Å². The minimum Gasteiger partial charge on any atom is -0.497 e. The zero-order valence-corrected chi connectivity index (χ0v) is 14.1. The van der Waals surface area contributed by atoms with Gasteiger partial charge in [0.25, 0.3) is 0 Å². The summed E-state index contributed by atoms with van der Waals surface area (Å²) in [6, 6.07) is 7.98. The standard InChI is InChI=1S/C16H21N5OS/c1-22-13-8-6-12(7-9-13)14-11-23-16-19-18-15(21(16)20-14)5-3-2-4-10-17/h6-9H,2-5,10-11,17H2,1H3. The lowest BCUT2D eigenvalue weighted by atomic mass is 10.1. The van der Waals surface area contributed by atoms with Crippen molar-refractivity contribution in [3.8, 4) is 5.75 Å². The van der Waals surface area contributed by atoms with Crippen molar-refractivity contribution < 1.29 is 4.74 Å². The Hall–Kier alpha value is -1.86. The van der Waals surface area contributed by atoms with Crippen LogP contribution < -0.4 is 10.5 Å². The zero-order valence-electron chi connectivity index (χ0n) is 13.2. The van der Waals surface area contributed by atoms with Crippen LogP contribution in [0, 0.1) is 0 Å². The van der Waals surface area contributed by atoms with Gasteiger partial charge < -0.3 is 10.5 Å².